The Balaban J connectivity index is 1.52. The molecule has 2 aromatic rings. The average molecular weight is 574 g/mol. The van der Waals surface area contributed by atoms with Crippen molar-refractivity contribution in [3.8, 4) is 5.75 Å². The molecule has 0 bridgehead atoms. The maximum atomic E-state index is 11.5. The van der Waals surface area contributed by atoms with Gasteiger partial charge in [0.15, 0.2) is 12.4 Å². The molecule has 4 rings (SSSR count). The van der Waals surface area contributed by atoms with Crippen molar-refractivity contribution in [3.63, 3.8) is 0 Å². The van der Waals surface area contributed by atoms with Crippen LogP contribution in [0, 0.1) is 0 Å². The van der Waals surface area contributed by atoms with E-state index >= 15 is 0 Å². The highest BCUT2D eigenvalue weighted by atomic mass is 35.5. The van der Waals surface area contributed by atoms with E-state index in [0.29, 0.717) is 21.7 Å². The molecule has 10 unspecified atom stereocenters. The van der Waals surface area contributed by atoms with Crippen LogP contribution in [-0.4, -0.2) is 98.3 Å². The van der Waals surface area contributed by atoms with Crippen LogP contribution in [0.4, 0.5) is 0 Å². The van der Waals surface area contributed by atoms with E-state index in [2.05, 4.69) is 0 Å². The van der Waals surface area contributed by atoms with Gasteiger partial charge in [-0.25, -0.2) is 4.79 Å². The first-order chi connectivity index (χ1) is 20.4. The third-order valence-electron chi connectivity index (χ3n) is 6.81. The Labute approximate surface area is 237 Å². The van der Waals surface area contributed by atoms with Gasteiger partial charge in [-0.1, -0.05) is 35.9 Å². The topological polar surface area (TPSA) is 175 Å². The minimum atomic E-state index is -2.99. The van der Waals surface area contributed by atoms with Crippen molar-refractivity contribution < 1.29 is 61.2 Å². The molecule has 39 heavy (non-hydrogen) atoms. The van der Waals surface area contributed by atoms with Gasteiger partial charge >= 0.3 is 5.97 Å². The van der Waals surface area contributed by atoms with Crippen LogP contribution < -0.4 is 4.74 Å². The van der Waals surface area contributed by atoms with Gasteiger partial charge in [-0.3, -0.25) is 0 Å². The molecule has 6 N–H and O–H groups in total. The Morgan fingerprint density at radius 2 is 1.72 bits per heavy atom. The number of ether oxygens (including phenoxy) is 4. The molecule has 0 saturated carbocycles. The number of halogens is 1. The van der Waals surface area contributed by atoms with Crippen LogP contribution in [0.15, 0.2) is 42.5 Å². The van der Waals surface area contributed by atoms with Gasteiger partial charge in [0.25, 0.3) is 0 Å². The number of carboxylic acids is 1. The van der Waals surface area contributed by atoms with E-state index in [-0.39, 0.29) is 12.2 Å². The van der Waals surface area contributed by atoms with E-state index in [1.165, 1.54) is 19.1 Å². The summed E-state index contributed by atoms with van der Waals surface area (Å²) in [6, 6.07) is 10.9. The zero-order valence-electron chi connectivity index (χ0n) is 25.6. The Morgan fingerprint density at radius 3 is 2.38 bits per heavy atom. The van der Waals surface area contributed by atoms with Crippen LogP contribution in [0.3, 0.4) is 0 Å². The highest BCUT2D eigenvalue weighted by molar-refractivity contribution is 6.31. The van der Waals surface area contributed by atoms with Crippen LogP contribution in [0.5, 0.6) is 5.75 Å². The SMILES string of the molecule is [2H]C([2H])([2H])C([2H])([2H])Oc1ccc(Cc2cc(C3OC(C)C(O)C(OC4OC(C(=O)O)C(O)C(O)C4O)C3O)ccc2Cl)cc1. The number of carbonyl (C=O) groups is 1. The number of hydrogen-bond donors (Lipinski definition) is 6. The largest absolute Gasteiger partial charge is 0.494 e. The first kappa shape index (κ1) is 23.4. The first-order valence-electron chi connectivity index (χ1n) is 14.6. The van der Waals surface area contributed by atoms with Gasteiger partial charge in [0.1, 0.15) is 48.5 Å². The number of hydrogen-bond acceptors (Lipinski definition) is 10. The van der Waals surface area contributed by atoms with Crippen molar-refractivity contribution >= 4 is 17.6 Å². The third-order valence-corrected chi connectivity index (χ3v) is 7.18. The van der Waals surface area contributed by atoms with Crippen LogP contribution in [0.2, 0.25) is 5.02 Å². The number of carboxylic acid groups (broad SMARTS) is 1. The van der Waals surface area contributed by atoms with E-state index in [0.717, 1.165) is 0 Å². The normalized spacial score (nSPS) is 37.6. The van der Waals surface area contributed by atoms with Gasteiger partial charge in [-0.15, -0.1) is 0 Å². The van der Waals surface area contributed by atoms with Crippen molar-refractivity contribution in [1.29, 1.82) is 0 Å². The summed E-state index contributed by atoms with van der Waals surface area (Å²) in [5, 5.41) is 62.1. The second-order valence-corrected chi connectivity index (χ2v) is 9.86. The van der Waals surface area contributed by atoms with Gasteiger partial charge in [0.2, 0.25) is 0 Å². The smallest absolute Gasteiger partial charge is 0.335 e. The van der Waals surface area contributed by atoms with Crippen LogP contribution in [0.1, 0.15) is 43.4 Å². The van der Waals surface area contributed by atoms with Crippen LogP contribution in [-0.2, 0) is 25.4 Å². The second-order valence-electron chi connectivity index (χ2n) is 9.45. The molecule has 10 atom stereocenters. The standard InChI is InChI=1S/C27H33ClO11/c1-3-36-16-7-4-13(5-8-16)10-15-11-14(6-9-17(15)28)23-22(33)24(18(29)12(2)37-23)38-27-21(32)19(30)20(31)25(39-27)26(34)35/h4-9,11-12,18-25,27,29-33H,3,10H2,1-2H3,(H,34,35)/i1D3,3D2. The zero-order chi connectivity index (χ0) is 32.7. The quantitative estimate of drug-likeness (QED) is 0.263. The maximum Gasteiger partial charge on any atom is 0.335 e. The molecule has 2 aromatic carbocycles. The summed E-state index contributed by atoms with van der Waals surface area (Å²) < 4.78 is 58.7. The van der Waals surface area contributed by atoms with Gasteiger partial charge in [-0.05, 0) is 55.1 Å². The Bertz CT molecular complexity index is 1310. The fourth-order valence-electron chi connectivity index (χ4n) is 4.65. The molecule has 2 aliphatic rings. The van der Waals surface area contributed by atoms with Gasteiger partial charge in [-0.2, -0.15) is 0 Å². The lowest BCUT2D eigenvalue weighted by Crippen LogP contribution is -2.63. The molecule has 2 heterocycles. The zero-order valence-corrected chi connectivity index (χ0v) is 21.4. The monoisotopic (exact) mass is 573 g/mol. The minimum Gasteiger partial charge on any atom is -0.494 e. The molecule has 0 radical (unpaired) electrons. The fraction of sp³-hybridized carbons (Fsp3) is 0.519. The molecule has 11 nitrogen and oxygen atoms in total. The number of aliphatic carboxylic acids is 1. The van der Waals surface area contributed by atoms with E-state index in [1.807, 2.05) is 0 Å². The summed E-state index contributed by atoms with van der Waals surface area (Å²) in [4.78, 5) is 11.5. The van der Waals surface area contributed by atoms with Crippen molar-refractivity contribution in [1.82, 2.24) is 0 Å². The first-order valence-corrected chi connectivity index (χ1v) is 12.4. The van der Waals surface area contributed by atoms with E-state index in [1.54, 1.807) is 30.3 Å². The molecule has 214 valence electrons. The number of benzene rings is 2. The molecular weight excluding hydrogens is 536 g/mol. The van der Waals surface area contributed by atoms with Crippen molar-refractivity contribution in [2.75, 3.05) is 6.56 Å². The summed E-state index contributed by atoms with van der Waals surface area (Å²) in [5.41, 5.74) is 1.73. The fourth-order valence-corrected chi connectivity index (χ4v) is 4.84. The molecule has 2 fully saturated rings. The van der Waals surface area contributed by atoms with Crippen molar-refractivity contribution in [3.05, 3.63) is 64.2 Å². The lowest BCUT2D eigenvalue weighted by molar-refractivity contribution is -0.335. The maximum absolute atomic E-state index is 11.5. The number of aliphatic hydroxyl groups excluding tert-OH is 5. The number of aliphatic hydroxyl groups is 5. The molecule has 0 amide bonds. The van der Waals surface area contributed by atoms with Crippen molar-refractivity contribution in [2.24, 2.45) is 0 Å². The summed E-state index contributed by atoms with van der Waals surface area (Å²) in [7, 11) is 0. The molecular formula is C27H33ClO11. The Kier molecular flexibility index (Phi) is 7.47. The molecule has 2 aliphatic heterocycles. The van der Waals surface area contributed by atoms with E-state index < -0.39 is 80.6 Å². The number of rotatable bonds is 8. The average Bonchev–Trinajstić information content (AvgIpc) is 2.94. The highest BCUT2D eigenvalue weighted by Crippen LogP contribution is 2.37. The lowest BCUT2D eigenvalue weighted by atomic mass is 9.90. The molecule has 0 aromatic heterocycles. The minimum absolute atomic E-state index is 0.0100. The summed E-state index contributed by atoms with van der Waals surface area (Å²) >= 11 is 6.44. The summed E-state index contributed by atoms with van der Waals surface area (Å²) in [5.74, 6) is -1.61. The predicted octanol–water partition coefficient (Wildman–Crippen LogP) is 0.788. The Morgan fingerprint density at radius 1 is 1.00 bits per heavy atom. The molecule has 0 spiro atoms. The van der Waals surface area contributed by atoms with Gasteiger partial charge in [0, 0.05) is 9.13 Å². The molecule has 2 saturated heterocycles. The molecule has 0 aliphatic carbocycles. The second kappa shape index (κ2) is 12.5. The van der Waals surface area contributed by atoms with Gasteiger partial charge in [0.05, 0.1) is 15.4 Å². The van der Waals surface area contributed by atoms with Crippen LogP contribution in [0.25, 0.3) is 0 Å². The summed E-state index contributed by atoms with van der Waals surface area (Å²) in [6.07, 6.45) is -15.9. The van der Waals surface area contributed by atoms with Crippen molar-refractivity contribution in [2.45, 2.75) is 81.4 Å². The third kappa shape index (κ3) is 6.37. The predicted molar refractivity (Wildman–Crippen MR) is 136 cm³/mol. The molecule has 12 heteroatoms. The van der Waals surface area contributed by atoms with Gasteiger partial charge < -0.3 is 49.6 Å². The summed E-state index contributed by atoms with van der Waals surface area (Å²) in [6.45, 7) is -4.37. The van der Waals surface area contributed by atoms with E-state index in [9.17, 15) is 35.4 Å². The van der Waals surface area contributed by atoms with E-state index in [4.69, 9.17) is 37.4 Å². The lowest BCUT2D eigenvalue weighted by Gasteiger charge is -2.45. The Hall–Kier alpha value is -2.32. The highest BCUT2D eigenvalue weighted by Gasteiger charge is 2.51. The van der Waals surface area contributed by atoms with Crippen LogP contribution >= 0.6 is 11.6 Å².